The lowest BCUT2D eigenvalue weighted by Crippen LogP contribution is -2.45. The third-order valence-electron chi connectivity index (χ3n) is 2.87. The summed E-state index contributed by atoms with van der Waals surface area (Å²) < 4.78 is 0. The van der Waals surface area contributed by atoms with E-state index in [1.807, 2.05) is 0 Å². The molecule has 15 heavy (non-hydrogen) atoms. The van der Waals surface area contributed by atoms with Crippen molar-refractivity contribution in [1.29, 1.82) is 0 Å². The Balaban J connectivity index is 3.83. The molecule has 3 heteroatoms. The first-order valence-electron chi connectivity index (χ1n) is 6.20. The van der Waals surface area contributed by atoms with Crippen LogP contribution in [0.2, 0.25) is 0 Å². The minimum absolute atomic E-state index is 0.217. The van der Waals surface area contributed by atoms with Crippen molar-refractivity contribution in [2.24, 2.45) is 0 Å². The molecule has 0 bridgehead atoms. The minimum atomic E-state index is 0.217. The summed E-state index contributed by atoms with van der Waals surface area (Å²) in [5.74, 6) is 0. The van der Waals surface area contributed by atoms with Gasteiger partial charge in [0.25, 0.3) is 0 Å². The fourth-order valence-electron chi connectivity index (χ4n) is 1.70. The van der Waals surface area contributed by atoms with Gasteiger partial charge in [-0.05, 0) is 33.4 Å². The van der Waals surface area contributed by atoms with E-state index in [2.05, 4.69) is 38.0 Å². The Morgan fingerprint density at radius 1 is 1.27 bits per heavy atom. The molecule has 0 aromatic rings. The van der Waals surface area contributed by atoms with Crippen LogP contribution in [0.1, 0.15) is 40.0 Å². The number of nitrogens with one attached hydrogen (secondary N) is 1. The Labute approximate surface area is 94.9 Å². The second-order valence-electron chi connectivity index (χ2n) is 4.41. The van der Waals surface area contributed by atoms with E-state index in [4.69, 9.17) is 0 Å². The number of rotatable bonds is 9. The summed E-state index contributed by atoms with van der Waals surface area (Å²) in [7, 11) is 2.14. The van der Waals surface area contributed by atoms with Crippen LogP contribution in [0, 0.1) is 0 Å². The number of aliphatic hydroxyl groups is 1. The predicted molar refractivity (Wildman–Crippen MR) is 66.2 cm³/mol. The summed E-state index contributed by atoms with van der Waals surface area (Å²) in [4.78, 5) is 2.33. The maximum atomic E-state index is 9.22. The van der Waals surface area contributed by atoms with Gasteiger partial charge in [-0.25, -0.2) is 0 Å². The number of likely N-dealkylation sites (N-methyl/N-ethyl adjacent to an activating group) is 1. The van der Waals surface area contributed by atoms with E-state index in [1.165, 1.54) is 12.8 Å². The Morgan fingerprint density at radius 3 is 2.40 bits per heavy atom. The van der Waals surface area contributed by atoms with Gasteiger partial charge >= 0.3 is 0 Å². The highest BCUT2D eigenvalue weighted by Crippen LogP contribution is 2.04. The Kier molecular flexibility index (Phi) is 9.06. The zero-order valence-electron chi connectivity index (χ0n) is 10.8. The smallest absolute Gasteiger partial charge is 0.0597 e. The molecule has 0 aromatic carbocycles. The summed E-state index contributed by atoms with van der Waals surface area (Å²) >= 11 is 0. The molecule has 2 N–H and O–H groups in total. The molecule has 0 amide bonds. The summed E-state index contributed by atoms with van der Waals surface area (Å²) in [6, 6.07) is 0.821. The maximum absolute atomic E-state index is 9.22. The van der Waals surface area contributed by atoms with Crippen LogP contribution in [0.5, 0.6) is 0 Å². The van der Waals surface area contributed by atoms with Crippen LogP contribution < -0.4 is 5.32 Å². The quantitative estimate of drug-likeness (QED) is 0.612. The average molecular weight is 216 g/mol. The zero-order chi connectivity index (χ0) is 11.7. The predicted octanol–water partition coefficient (Wildman–Crippen LogP) is 1.47. The molecule has 0 fully saturated rings. The van der Waals surface area contributed by atoms with E-state index in [1.54, 1.807) is 0 Å². The second-order valence-corrected chi connectivity index (χ2v) is 4.41. The lowest BCUT2D eigenvalue weighted by atomic mass is 10.1. The van der Waals surface area contributed by atoms with Crippen LogP contribution in [0.3, 0.4) is 0 Å². The first-order chi connectivity index (χ1) is 7.15. The van der Waals surface area contributed by atoms with Gasteiger partial charge in [-0.1, -0.05) is 20.3 Å². The fraction of sp³-hybridized carbons (Fsp3) is 1.00. The normalized spacial score (nSPS) is 15.6. The van der Waals surface area contributed by atoms with Crippen LogP contribution in [-0.2, 0) is 0 Å². The molecule has 3 nitrogen and oxygen atoms in total. The number of hydrogen-bond donors (Lipinski definition) is 2. The second kappa shape index (κ2) is 9.13. The van der Waals surface area contributed by atoms with Gasteiger partial charge in [0.05, 0.1) is 6.61 Å². The minimum Gasteiger partial charge on any atom is -0.395 e. The standard InChI is InChI=1S/C12H28N2O/c1-5-7-11(3)14(4)9-12(10-15)13-8-6-2/h11-13,15H,5-10H2,1-4H3. The monoisotopic (exact) mass is 216 g/mol. The van der Waals surface area contributed by atoms with E-state index >= 15 is 0 Å². The first kappa shape index (κ1) is 14.9. The lowest BCUT2D eigenvalue weighted by molar-refractivity contribution is 0.170. The van der Waals surface area contributed by atoms with Crippen LogP contribution >= 0.6 is 0 Å². The van der Waals surface area contributed by atoms with Gasteiger partial charge in [-0.3, -0.25) is 0 Å². The molecular formula is C12H28N2O. The topological polar surface area (TPSA) is 35.5 Å². The largest absolute Gasteiger partial charge is 0.395 e. The molecule has 0 radical (unpaired) electrons. The van der Waals surface area contributed by atoms with Gasteiger partial charge in [0.15, 0.2) is 0 Å². The summed E-state index contributed by atoms with van der Waals surface area (Å²) in [5.41, 5.74) is 0. The van der Waals surface area contributed by atoms with Crippen molar-refractivity contribution in [1.82, 2.24) is 10.2 Å². The Hall–Kier alpha value is -0.120. The van der Waals surface area contributed by atoms with Crippen LogP contribution in [0.15, 0.2) is 0 Å². The molecule has 0 rings (SSSR count). The van der Waals surface area contributed by atoms with Crippen molar-refractivity contribution < 1.29 is 5.11 Å². The molecule has 0 aliphatic carbocycles. The van der Waals surface area contributed by atoms with Crippen LogP contribution in [-0.4, -0.2) is 48.8 Å². The Bertz CT molecular complexity index is 142. The van der Waals surface area contributed by atoms with Gasteiger partial charge in [0.1, 0.15) is 0 Å². The van der Waals surface area contributed by atoms with Crippen molar-refractivity contribution in [3.63, 3.8) is 0 Å². The molecule has 0 spiro atoms. The third kappa shape index (κ3) is 6.88. The zero-order valence-corrected chi connectivity index (χ0v) is 10.8. The fourth-order valence-corrected chi connectivity index (χ4v) is 1.70. The molecule has 92 valence electrons. The van der Waals surface area contributed by atoms with Gasteiger partial charge in [-0.2, -0.15) is 0 Å². The van der Waals surface area contributed by atoms with Crippen molar-refractivity contribution in [2.75, 3.05) is 26.7 Å². The van der Waals surface area contributed by atoms with Crippen molar-refractivity contribution in [2.45, 2.75) is 52.1 Å². The van der Waals surface area contributed by atoms with Crippen molar-refractivity contribution in [3.8, 4) is 0 Å². The SMILES string of the molecule is CCCNC(CO)CN(C)C(C)CCC. The highest BCUT2D eigenvalue weighted by Gasteiger charge is 2.13. The number of aliphatic hydroxyl groups excluding tert-OH is 1. The molecule has 0 saturated carbocycles. The van der Waals surface area contributed by atoms with Gasteiger partial charge < -0.3 is 15.3 Å². The van der Waals surface area contributed by atoms with Crippen molar-refractivity contribution >= 4 is 0 Å². The van der Waals surface area contributed by atoms with E-state index in [0.717, 1.165) is 19.5 Å². The average Bonchev–Trinajstić information content (AvgIpc) is 2.24. The van der Waals surface area contributed by atoms with E-state index in [9.17, 15) is 5.11 Å². The van der Waals surface area contributed by atoms with Gasteiger partial charge in [0.2, 0.25) is 0 Å². The maximum Gasteiger partial charge on any atom is 0.0597 e. The molecular weight excluding hydrogens is 188 g/mol. The van der Waals surface area contributed by atoms with Crippen molar-refractivity contribution in [3.05, 3.63) is 0 Å². The Morgan fingerprint density at radius 2 is 1.93 bits per heavy atom. The third-order valence-corrected chi connectivity index (χ3v) is 2.87. The number of hydrogen-bond acceptors (Lipinski definition) is 3. The molecule has 0 heterocycles. The number of nitrogens with zero attached hydrogens (tertiary/aromatic N) is 1. The van der Waals surface area contributed by atoms with Crippen LogP contribution in [0.4, 0.5) is 0 Å². The van der Waals surface area contributed by atoms with E-state index in [-0.39, 0.29) is 12.6 Å². The van der Waals surface area contributed by atoms with Gasteiger partial charge in [-0.15, -0.1) is 0 Å². The molecule has 0 aliphatic heterocycles. The van der Waals surface area contributed by atoms with E-state index in [0.29, 0.717) is 6.04 Å². The lowest BCUT2D eigenvalue weighted by Gasteiger charge is -2.28. The first-order valence-corrected chi connectivity index (χ1v) is 6.20. The highest BCUT2D eigenvalue weighted by atomic mass is 16.3. The van der Waals surface area contributed by atoms with Gasteiger partial charge in [0, 0.05) is 18.6 Å². The van der Waals surface area contributed by atoms with Crippen LogP contribution in [0.25, 0.3) is 0 Å². The summed E-state index contributed by atoms with van der Waals surface area (Å²) in [6.45, 7) is 8.74. The van der Waals surface area contributed by atoms with E-state index < -0.39 is 0 Å². The molecule has 0 saturated heterocycles. The molecule has 0 aromatic heterocycles. The molecule has 2 atom stereocenters. The highest BCUT2D eigenvalue weighted by molar-refractivity contribution is 4.72. The molecule has 0 aliphatic rings. The summed E-state index contributed by atoms with van der Waals surface area (Å²) in [6.07, 6.45) is 3.56. The molecule has 2 unspecified atom stereocenters. The summed E-state index contributed by atoms with van der Waals surface area (Å²) in [5, 5.41) is 12.6.